The van der Waals surface area contributed by atoms with Gasteiger partial charge in [-0.15, -0.1) is 0 Å². The van der Waals surface area contributed by atoms with E-state index in [1.165, 1.54) is 0 Å². The lowest BCUT2D eigenvalue weighted by Crippen LogP contribution is -2.48. The lowest BCUT2D eigenvalue weighted by molar-refractivity contribution is -0.120. The minimum Gasteiger partial charge on any atom is -0.353 e. The highest BCUT2D eigenvalue weighted by Gasteiger charge is 2.17. The molecule has 23 heavy (non-hydrogen) atoms. The number of carbonyl (C=O) groups is 2. The highest BCUT2D eigenvalue weighted by atomic mass is 127. The molecule has 1 aliphatic rings. The van der Waals surface area contributed by atoms with E-state index in [2.05, 4.69) is 38.2 Å². The summed E-state index contributed by atoms with van der Waals surface area (Å²) < 4.78 is 1.08. The van der Waals surface area contributed by atoms with Gasteiger partial charge in [0.2, 0.25) is 5.91 Å². The fourth-order valence-electron chi connectivity index (χ4n) is 2.29. The van der Waals surface area contributed by atoms with Crippen LogP contribution in [0.3, 0.4) is 0 Å². The summed E-state index contributed by atoms with van der Waals surface area (Å²) in [5.74, 6) is 0.551. The molecule has 0 saturated carbocycles. The van der Waals surface area contributed by atoms with Crippen LogP contribution >= 0.6 is 22.6 Å². The molecule has 3 rings (SSSR count). The molecule has 1 fully saturated rings. The highest BCUT2D eigenvalue weighted by molar-refractivity contribution is 14.1. The van der Waals surface area contributed by atoms with Gasteiger partial charge in [-0.2, -0.15) is 0 Å². The molecule has 2 amide bonds. The van der Waals surface area contributed by atoms with Crippen LogP contribution in [0.15, 0.2) is 42.6 Å². The van der Waals surface area contributed by atoms with Gasteiger partial charge in [-0.05, 0) is 59.0 Å². The third-order valence-electron chi connectivity index (χ3n) is 3.47. The van der Waals surface area contributed by atoms with E-state index < -0.39 is 0 Å². The molecular formula is C16H15IN4O2. The Hall–Kier alpha value is -2.16. The number of piperazine rings is 1. The van der Waals surface area contributed by atoms with Gasteiger partial charge in [-0.3, -0.25) is 9.59 Å². The van der Waals surface area contributed by atoms with Gasteiger partial charge in [0.1, 0.15) is 5.82 Å². The zero-order chi connectivity index (χ0) is 16.2. The first-order valence-corrected chi connectivity index (χ1v) is 8.24. The number of nitrogens with zero attached hydrogens (tertiary/aromatic N) is 2. The van der Waals surface area contributed by atoms with Crippen LogP contribution in [-0.4, -0.2) is 36.4 Å². The maximum atomic E-state index is 12.2. The second kappa shape index (κ2) is 6.95. The Kier molecular flexibility index (Phi) is 4.75. The number of pyridine rings is 1. The van der Waals surface area contributed by atoms with Crippen molar-refractivity contribution in [1.29, 1.82) is 0 Å². The Morgan fingerprint density at radius 3 is 2.65 bits per heavy atom. The Labute approximate surface area is 147 Å². The maximum Gasteiger partial charge on any atom is 0.255 e. The van der Waals surface area contributed by atoms with E-state index in [4.69, 9.17) is 0 Å². The van der Waals surface area contributed by atoms with Gasteiger partial charge in [0.15, 0.2) is 0 Å². The van der Waals surface area contributed by atoms with Crippen LogP contribution in [0.1, 0.15) is 10.4 Å². The quantitative estimate of drug-likeness (QED) is 0.741. The second-order valence-corrected chi connectivity index (χ2v) is 6.38. The minimum absolute atomic E-state index is 0.00543. The van der Waals surface area contributed by atoms with Crippen molar-refractivity contribution >= 4 is 45.9 Å². The van der Waals surface area contributed by atoms with Crippen molar-refractivity contribution in [2.24, 2.45) is 0 Å². The van der Waals surface area contributed by atoms with Gasteiger partial charge >= 0.3 is 0 Å². The number of amides is 2. The maximum absolute atomic E-state index is 12.2. The molecule has 1 aliphatic heterocycles. The standard InChI is InChI=1S/C16H15IN4O2/c17-12-3-1-11(2-4-12)16(23)20-13-5-6-14(19-9-13)21-8-7-18-15(22)10-21/h1-6,9H,7-8,10H2,(H,18,22)(H,20,23). The average Bonchev–Trinajstić information content (AvgIpc) is 2.56. The van der Waals surface area contributed by atoms with E-state index in [0.717, 1.165) is 15.9 Å². The lowest BCUT2D eigenvalue weighted by atomic mass is 10.2. The van der Waals surface area contributed by atoms with Crippen LogP contribution in [0.2, 0.25) is 0 Å². The topological polar surface area (TPSA) is 74.3 Å². The summed E-state index contributed by atoms with van der Waals surface area (Å²) >= 11 is 2.19. The third kappa shape index (κ3) is 3.98. The van der Waals surface area contributed by atoms with Crippen molar-refractivity contribution in [3.05, 3.63) is 51.7 Å². The molecule has 118 valence electrons. The molecule has 0 aliphatic carbocycles. The molecule has 6 nitrogen and oxygen atoms in total. The van der Waals surface area contributed by atoms with Gasteiger partial charge in [0.25, 0.3) is 5.91 Å². The van der Waals surface area contributed by atoms with Crippen molar-refractivity contribution in [1.82, 2.24) is 10.3 Å². The molecule has 7 heteroatoms. The summed E-state index contributed by atoms with van der Waals surface area (Å²) in [5.41, 5.74) is 1.22. The number of hydrogen-bond acceptors (Lipinski definition) is 4. The van der Waals surface area contributed by atoms with Crippen LogP contribution in [0.25, 0.3) is 0 Å². The first kappa shape index (κ1) is 15.7. The van der Waals surface area contributed by atoms with Crippen LogP contribution < -0.4 is 15.5 Å². The Balaban J connectivity index is 1.66. The molecule has 0 bridgehead atoms. The molecule has 0 spiro atoms. The second-order valence-electron chi connectivity index (χ2n) is 5.14. The number of nitrogens with one attached hydrogen (secondary N) is 2. The smallest absolute Gasteiger partial charge is 0.255 e. The van der Waals surface area contributed by atoms with Crippen LogP contribution in [-0.2, 0) is 4.79 Å². The first-order valence-electron chi connectivity index (χ1n) is 7.16. The summed E-state index contributed by atoms with van der Waals surface area (Å²) in [5, 5.41) is 5.59. The summed E-state index contributed by atoms with van der Waals surface area (Å²) in [6.45, 7) is 1.65. The highest BCUT2D eigenvalue weighted by Crippen LogP contribution is 2.16. The Morgan fingerprint density at radius 1 is 1.22 bits per heavy atom. The van der Waals surface area contributed by atoms with Crippen molar-refractivity contribution in [2.45, 2.75) is 0 Å². The zero-order valence-corrected chi connectivity index (χ0v) is 14.4. The van der Waals surface area contributed by atoms with E-state index in [-0.39, 0.29) is 11.8 Å². The van der Waals surface area contributed by atoms with E-state index >= 15 is 0 Å². The number of anilines is 2. The van der Waals surface area contributed by atoms with Crippen molar-refractivity contribution in [2.75, 3.05) is 29.9 Å². The molecule has 0 radical (unpaired) electrons. The van der Waals surface area contributed by atoms with Crippen molar-refractivity contribution < 1.29 is 9.59 Å². The molecule has 2 N–H and O–H groups in total. The monoisotopic (exact) mass is 422 g/mol. The Morgan fingerprint density at radius 2 is 2.00 bits per heavy atom. The lowest BCUT2D eigenvalue weighted by Gasteiger charge is -2.27. The van der Waals surface area contributed by atoms with E-state index in [0.29, 0.717) is 24.3 Å². The van der Waals surface area contributed by atoms with Crippen LogP contribution in [0.5, 0.6) is 0 Å². The predicted octanol–water partition coefficient (Wildman–Crippen LogP) is 1.87. The molecule has 1 aromatic heterocycles. The molecule has 0 unspecified atom stereocenters. The molecule has 1 saturated heterocycles. The SMILES string of the molecule is O=C1CN(c2ccc(NC(=O)c3ccc(I)cc3)cn2)CCN1. The number of aromatic nitrogens is 1. The molecule has 0 atom stereocenters. The van der Waals surface area contributed by atoms with Gasteiger partial charge in [0.05, 0.1) is 18.4 Å². The van der Waals surface area contributed by atoms with Gasteiger partial charge in [-0.1, -0.05) is 0 Å². The number of halogens is 1. The van der Waals surface area contributed by atoms with Gasteiger partial charge in [0, 0.05) is 22.2 Å². The normalized spacial score (nSPS) is 14.3. The van der Waals surface area contributed by atoms with Crippen molar-refractivity contribution in [3.8, 4) is 0 Å². The number of carbonyl (C=O) groups excluding carboxylic acids is 2. The molecule has 1 aromatic carbocycles. The number of hydrogen-bond donors (Lipinski definition) is 2. The summed E-state index contributed by atoms with van der Waals surface area (Å²) in [7, 11) is 0. The van der Waals surface area contributed by atoms with Crippen LogP contribution in [0, 0.1) is 3.57 Å². The average molecular weight is 422 g/mol. The van der Waals surface area contributed by atoms with Gasteiger partial charge in [-0.25, -0.2) is 4.98 Å². The van der Waals surface area contributed by atoms with Crippen molar-refractivity contribution in [3.63, 3.8) is 0 Å². The number of rotatable bonds is 3. The first-order chi connectivity index (χ1) is 11.1. The summed E-state index contributed by atoms with van der Waals surface area (Å²) in [6, 6.07) is 10.9. The molecule has 2 aromatic rings. The summed E-state index contributed by atoms with van der Waals surface area (Å²) in [4.78, 5) is 29.8. The van der Waals surface area contributed by atoms with E-state index in [9.17, 15) is 9.59 Å². The van der Waals surface area contributed by atoms with E-state index in [1.807, 2.05) is 23.1 Å². The molecule has 2 heterocycles. The minimum atomic E-state index is -0.173. The third-order valence-corrected chi connectivity index (χ3v) is 4.19. The fraction of sp³-hybridized carbons (Fsp3) is 0.188. The molecular weight excluding hydrogens is 407 g/mol. The van der Waals surface area contributed by atoms with E-state index in [1.54, 1.807) is 24.4 Å². The number of benzene rings is 1. The Bertz CT molecular complexity index is 716. The fourth-order valence-corrected chi connectivity index (χ4v) is 2.65. The summed E-state index contributed by atoms with van der Waals surface area (Å²) in [6.07, 6.45) is 1.60. The zero-order valence-electron chi connectivity index (χ0n) is 12.3. The van der Waals surface area contributed by atoms with Crippen LogP contribution in [0.4, 0.5) is 11.5 Å². The predicted molar refractivity (Wildman–Crippen MR) is 96.6 cm³/mol. The largest absolute Gasteiger partial charge is 0.353 e. The van der Waals surface area contributed by atoms with Gasteiger partial charge < -0.3 is 15.5 Å².